The second kappa shape index (κ2) is 5.94. The maximum atomic E-state index is 11.8. The van der Waals surface area contributed by atoms with Gasteiger partial charge in [0.1, 0.15) is 0 Å². The largest absolute Gasteiger partial charge is 0.481 e. The summed E-state index contributed by atoms with van der Waals surface area (Å²) in [5, 5.41) is 14.8. The van der Waals surface area contributed by atoms with Crippen LogP contribution >= 0.6 is 0 Å². The Labute approximate surface area is 118 Å². The van der Waals surface area contributed by atoms with Crippen LogP contribution in [0.25, 0.3) is 0 Å². The lowest BCUT2D eigenvalue weighted by Gasteiger charge is -2.39. The summed E-state index contributed by atoms with van der Waals surface area (Å²) in [5.41, 5.74) is 0.561. The summed E-state index contributed by atoms with van der Waals surface area (Å²) < 4.78 is 0. The van der Waals surface area contributed by atoms with E-state index in [1.54, 1.807) is 24.3 Å². The van der Waals surface area contributed by atoms with Gasteiger partial charge >= 0.3 is 12.0 Å². The number of aliphatic carboxylic acids is 1. The molecule has 0 aliphatic heterocycles. The maximum absolute atomic E-state index is 11.8. The number of carboxylic acids is 1. The van der Waals surface area contributed by atoms with Gasteiger partial charge in [-0.15, -0.1) is 0 Å². The average Bonchev–Trinajstić information content (AvgIpc) is 2.38. The fourth-order valence-corrected chi connectivity index (χ4v) is 2.38. The number of carbonyl (C=O) groups excluding carboxylic acids is 1. The van der Waals surface area contributed by atoms with Gasteiger partial charge in [0.15, 0.2) is 0 Å². The van der Waals surface area contributed by atoms with Crippen molar-refractivity contribution in [2.75, 3.05) is 6.54 Å². The van der Waals surface area contributed by atoms with E-state index in [0.717, 1.165) is 19.3 Å². The minimum atomic E-state index is -0.939. The van der Waals surface area contributed by atoms with Gasteiger partial charge in [0.25, 0.3) is 0 Å². The van der Waals surface area contributed by atoms with Crippen LogP contribution in [0.5, 0.6) is 0 Å². The summed E-state index contributed by atoms with van der Waals surface area (Å²) in [6.07, 6.45) is 3.07. The van der Waals surface area contributed by atoms with Crippen LogP contribution in [0.4, 0.5) is 4.79 Å². The van der Waals surface area contributed by atoms with Gasteiger partial charge in [-0.2, -0.15) is 0 Å². The normalized spacial score (nSPS) is 17.6. The van der Waals surface area contributed by atoms with E-state index in [1.807, 2.05) is 13.0 Å². The van der Waals surface area contributed by atoms with E-state index in [9.17, 15) is 14.7 Å². The summed E-state index contributed by atoms with van der Waals surface area (Å²) in [6.45, 7) is 2.09. The predicted octanol–water partition coefficient (Wildman–Crippen LogP) is 2.10. The van der Waals surface area contributed by atoms with Crippen LogP contribution in [-0.4, -0.2) is 29.2 Å². The molecule has 2 rings (SSSR count). The molecule has 0 spiro atoms. The number of amides is 2. The van der Waals surface area contributed by atoms with Gasteiger partial charge in [-0.05, 0) is 31.7 Å². The molecule has 1 aromatic carbocycles. The van der Waals surface area contributed by atoms with Crippen LogP contribution in [-0.2, 0) is 4.79 Å². The van der Waals surface area contributed by atoms with Crippen LogP contribution < -0.4 is 10.6 Å². The first kappa shape index (κ1) is 14.4. The van der Waals surface area contributed by atoms with Crippen molar-refractivity contribution >= 4 is 12.0 Å². The van der Waals surface area contributed by atoms with Crippen LogP contribution in [0.15, 0.2) is 30.3 Å². The highest BCUT2D eigenvalue weighted by Gasteiger charge is 2.33. The molecule has 0 radical (unpaired) electrons. The monoisotopic (exact) mass is 276 g/mol. The molecule has 1 fully saturated rings. The molecule has 1 aliphatic carbocycles. The second-order valence-corrected chi connectivity index (χ2v) is 5.55. The summed E-state index contributed by atoms with van der Waals surface area (Å²) >= 11 is 0. The molecule has 1 aromatic rings. The fourth-order valence-electron chi connectivity index (χ4n) is 2.38. The lowest BCUT2D eigenvalue weighted by Crippen LogP contribution is -2.54. The van der Waals surface area contributed by atoms with Crippen molar-refractivity contribution in [3.8, 4) is 0 Å². The van der Waals surface area contributed by atoms with E-state index in [2.05, 4.69) is 10.6 Å². The molecule has 1 unspecified atom stereocenters. The zero-order valence-corrected chi connectivity index (χ0v) is 11.6. The topological polar surface area (TPSA) is 78.4 Å². The Morgan fingerprint density at radius 1 is 1.30 bits per heavy atom. The van der Waals surface area contributed by atoms with Gasteiger partial charge in [0.2, 0.25) is 0 Å². The summed E-state index contributed by atoms with van der Waals surface area (Å²) in [4.78, 5) is 23.1. The number of hydrogen-bond acceptors (Lipinski definition) is 2. The molecule has 5 nitrogen and oxygen atoms in total. The molecule has 5 heteroatoms. The quantitative estimate of drug-likeness (QED) is 0.770. The Kier molecular flexibility index (Phi) is 4.27. The second-order valence-electron chi connectivity index (χ2n) is 5.55. The van der Waals surface area contributed by atoms with Crippen molar-refractivity contribution < 1.29 is 14.7 Å². The maximum Gasteiger partial charge on any atom is 0.315 e. The van der Waals surface area contributed by atoms with Gasteiger partial charge in [-0.3, -0.25) is 4.79 Å². The van der Waals surface area contributed by atoms with Crippen LogP contribution in [0.3, 0.4) is 0 Å². The summed E-state index contributed by atoms with van der Waals surface area (Å²) in [7, 11) is 0. The highest BCUT2D eigenvalue weighted by molar-refractivity contribution is 5.79. The third-order valence-corrected chi connectivity index (χ3v) is 3.84. The smallest absolute Gasteiger partial charge is 0.315 e. The molecule has 0 saturated heterocycles. The highest BCUT2D eigenvalue weighted by Crippen LogP contribution is 2.30. The number of benzene rings is 1. The molecule has 0 aromatic heterocycles. The number of nitrogens with one attached hydrogen (secondary N) is 2. The SMILES string of the molecule is CC1(NC(=O)NCC(C(=O)O)c2ccccc2)CCC1. The minimum absolute atomic E-state index is 0.0846. The molecule has 0 heterocycles. The molecule has 2 amide bonds. The highest BCUT2D eigenvalue weighted by atomic mass is 16.4. The summed E-state index contributed by atoms with van der Waals surface area (Å²) in [6, 6.07) is 8.63. The van der Waals surface area contributed by atoms with E-state index in [-0.39, 0.29) is 18.1 Å². The molecule has 20 heavy (non-hydrogen) atoms. The molecular weight excluding hydrogens is 256 g/mol. The van der Waals surface area contributed by atoms with Gasteiger partial charge < -0.3 is 15.7 Å². The molecule has 3 N–H and O–H groups in total. The van der Waals surface area contributed by atoms with E-state index in [0.29, 0.717) is 5.56 Å². The molecule has 108 valence electrons. The number of urea groups is 1. The Morgan fingerprint density at radius 3 is 2.45 bits per heavy atom. The van der Waals surface area contributed by atoms with Crippen LogP contribution in [0.1, 0.15) is 37.7 Å². The Hall–Kier alpha value is -2.04. The lowest BCUT2D eigenvalue weighted by molar-refractivity contribution is -0.138. The standard InChI is InChI=1S/C15H20N2O3/c1-15(8-5-9-15)17-14(20)16-10-12(13(18)19)11-6-3-2-4-7-11/h2-4,6-7,12H,5,8-10H2,1H3,(H,18,19)(H2,16,17,20). The predicted molar refractivity (Wildman–Crippen MR) is 75.6 cm³/mol. The molecule has 1 atom stereocenters. The number of hydrogen-bond donors (Lipinski definition) is 3. The van der Waals surface area contributed by atoms with Crippen LogP contribution in [0.2, 0.25) is 0 Å². The van der Waals surface area contributed by atoms with E-state index < -0.39 is 11.9 Å². The van der Waals surface area contributed by atoms with Gasteiger partial charge in [-0.1, -0.05) is 30.3 Å². The van der Waals surface area contributed by atoms with Crippen molar-refractivity contribution in [1.29, 1.82) is 0 Å². The minimum Gasteiger partial charge on any atom is -0.481 e. The average molecular weight is 276 g/mol. The third kappa shape index (κ3) is 3.50. The Balaban J connectivity index is 1.89. The molecular formula is C15H20N2O3. The first-order valence-electron chi connectivity index (χ1n) is 6.84. The zero-order valence-electron chi connectivity index (χ0n) is 11.6. The van der Waals surface area contributed by atoms with Gasteiger partial charge in [0, 0.05) is 12.1 Å². The Morgan fingerprint density at radius 2 is 1.95 bits per heavy atom. The van der Waals surface area contributed by atoms with Crippen molar-refractivity contribution in [3.63, 3.8) is 0 Å². The molecule has 1 saturated carbocycles. The van der Waals surface area contributed by atoms with E-state index >= 15 is 0 Å². The van der Waals surface area contributed by atoms with E-state index in [1.165, 1.54) is 0 Å². The molecule has 1 aliphatic rings. The number of rotatable bonds is 5. The van der Waals surface area contributed by atoms with Crippen molar-refractivity contribution in [3.05, 3.63) is 35.9 Å². The number of carboxylic acid groups (broad SMARTS) is 1. The summed E-state index contributed by atoms with van der Waals surface area (Å²) in [5.74, 6) is -1.66. The zero-order chi connectivity index (χ0) is 14.6. The van der Waals surface area contributed by atoms with Gasteiger partial charge in [0.05, 0.1) is 5.92 Å². The van der Waals surface area contributed by atoms with Gasteiger partial charge in [-0.25, -0.2) is 4.79 Å². The first-order valence-corrected chi connectivity index (χ1v) is 6.84. The Bertz CT molecular complexity index is 483. The van der Waals surface area contributed by atoms with Crippen molar-refractivity contribution in [2.24, 2.45) is 0 Å². The molecule has 0 bridgehead atoms. The fraction of sp³-hybridized carbons (Fsp3) is 0.467. The van der Waals surface area contributed by atoms with Crippen LogP contribution in [0, 0.1) is 0 Å². The van der Waals surface area contributed by atoms with E-state index in [4.69, 9.17) is 0 Å². The lowest BCUT2D eigenvalue weighted by atomic mass is 9.79. The third-order valence-electron chi connectivity index (χ3n) is 3.84. The van der Waals surface area contributed by atoms with Crippen molar-refractivity contribution in [1.82, 2.24) is 10.6 Å². The van der Waals surface area contributed by atoms with Crippen molar-refractivity contribution in [2.45, 2.75) is 37.6 Å². The number of carbonyl (C=O) groups is 2. The first-order chi connectivity index (χ1) is 9.50.